The van der Waals surface area contributed by atoms with Crippen molar-refractivity contribution in [3.8, 4) is 12.3 Å². The van der Waals surface area contributed by atoms with Crippen LogP contribution in [-0.2, 0) is 14.9 Å². The van der Waals surface area contributed by atoms with E-state index >= 15 is 0 Å². The Hall–Kier alpha value is -1.94. The van der Waals surface area contributed by atoms with Crippen LogP contribution >= 0.6 is 0 Å². The van der Waals surface area contributed by atoms with Gasteiger partial charge in [0.2, 0.25) is 5.91 Å². The first-order valence-electron chi connectivity index (χ1n) is 7.20. The van der Waals surface area contributed by atoms with Crippen LogP contribution in [0.5, 0.6) is 0 Å². The zero-order valence-corrected chi connectivity index (χ0v) is 12.5. The first-order valence-corrected chi connectivity index (χ1v) is 7.20. The van der Waals surface area contributed by atoms with Crippen molar-refractivity contribution in [3.05, 3.63) is 5.82 Å². The molecular weight excluding hydrogens is 270 g/mol. The topological polar surface area (TPSA) is 84.0 Å². The molecule has 1 aliphatic rings. The van der Waals surface area contributed by atoms with Gasteiger partial charge in [0.15, 0.2) is 5.82 Å². The predicted molar refractivity (Wildman–Crippen MR) is 76.2 cm³/mol. The van der Waals surface area contributed by atoms with Crippen LogP contribution in [0, 0.1) is 12.3 Å². The van der Waals surface area contributed by atoms with Crippen molar-refractivity contribution in [3.63, 3.8) is 0 Å². The molecule has 2 rings (SSSR count). The average Bonchev–Trinajstić information content (AvgIpc) is 3.06. The highest BCUT2D eigenvalue weighted by molar-refractivity contribution is 5.86. The van der Waals surface area contributed by atoms with Crippen molar-refractivity contribution >= 4 is 5.91 Å². The summed E-state index contributed by atoms with van der Waals surface area (Å²) in [4.78, 5) is 14.7. The largest absolute Gasteiger partial charge is 0.364 e. The minimum absolute atomic E-state index is 0.00474. The highest BCUT2D eigenvalue weighted by Gasteiger charge is 2.41. The molecule has 2 heterocycles. The zero-order valence-electron chi connectivity index (χ0n) is 12.5. The number of carbonyl (C=O) groups excluding carboxylic acids is 1. The van der Waals surface area contributed by atoms with Gasteiger partial charge in [0.05, 0.1) is 6.10 Å². The fourth-order valence-electron chi connectivity index (χ4n) is 2.57. The summed E-state index contributed by atoms with van der Waals surface area (Å²) in [5.41, 5.74) is -0.763. The highest BCUT2D eigenvalue weighted by Crippen LogP contribution is 2.28. The predicted octanol–water partition coefficient (Wildman–Crippen LogP) is 0.508. The number of rotatable bonds is 5. The minimum atomic E-state index is -0.763. The molecule has 7 heteroatoms. The maximum Gasteiger partial charge on any atom is 0.236 e. The summed E-state index contributed by atoms with van der Waals surface area (Å²) in [6.07, 6.45) is 7.66. The number of nitrogens with zero attached hydrogens (tertiary/aromatic N) is 4. The summed E-state index contributed by atoms with van der Waals surface area (Å²) >= 11 is 0. The van der Waals surface area contributed by atoms with E-state index in [0.29, 0.717) is 18.8 Å². The van der Waals surface area contributed by atoms with Crippen LogP contribution in [0.3, 0.4) is 0 Å². The molecule has 7 nitrogen and oxygen atoms in total. The lowest BCUT2D eigenvalue weighted by molar-refractivity contribution is -0.141. The number of likely N-dealkylation sites (tertiary alicyclic amines) is 1. The van der Waals surface area contributed by atoms with Crippen molar-refractivity contribution < 1.29 is 9.53 Å². The van der Waals surface area contributed by atoms with E-state index in [1.54, 1.807) is 0 Å². The van der Waals surface area contributed by atoms with E-state index in [9.17, 15) is 4.79 Å². The van der Waals surface area contributed by atoms with Crippen LogP contribution in [0.15, 0.2) is 0 Å². The summed E-state index contributed by atoms with van der Waals surface area (Å²) in [5.74, 6) is 2.91. The van der Waals surface area contributed by atoms with Gasteiger partial charge in [-0.3, -0.25) is 4.79 Å². The zero-order chi connectivity index (χ0) is 15.3. The average molecular weight is 291 g/mol. The van der Waals surface area contributed by atoms with Crippen LogP contribution in [0.2, 0.25) is 0 Å². The smallest absolute Gasteiger partial charge is 0.236 e. The summed E-state index contributed by atoms with van der Waals surface area (Å²) in [7, 11) is 0. The molecule has 1 aliphatic heterocycles. The number of H-pyrrole nitrogens is 1. The summed E-state index contributed by atoms with van der Waals surface area (Å²) in [6.45, 7) is 5.37. The Bertz CT molecular complexity index is 510. The SMILES string of the molecule is C#CCOC1CCCN(C(=O)C(C)(CC)c2nn[nH]n2)C1. The van der Waals surface area contributed by atoms with Crippen LogP contribution in [0.25, 0.3) is 0 Å². The lowest BCUT2D eigenvalue weighted by Gasteiger charge is -2.37. The second-order valence-corrected chi connectivity index (χ2v) is 5.45. The fourth-order valence-corrected chi connectivity index (χ4v) is 2.57. The number of hydrogen-bond donors (Lipinski definition) is 1. The Balaban J connectivity index is 2.09. The Morgan fingerprint density at radius 2 is 2.48 bits per heavy atom. The summed E-state index contributed by atoms with van der Waals surface area (Å²) in [6, 6.07) is 0. The van der Waals surface area contributed by atoms with Gasteiger partial charge in [-0.1, -0.05) is 18.1 Å². The van der Waals surface area contributed by atoms with E-state index in [2.05, 4.69) is 26.5 Å². The number of aromatic amines is 1. The number of aromatic nitrogens is 4. The third kappa shape index (κ3) is 3.22. The summed E-state index contributed by atoms with van der Waals surface area (Å²) < 4.78 is 5.57. The third-order valence-electron chi connectivity index (χ3n) is 4.09. The lowest BCUT2D eigenvalue weighted by atomic mass is 9.84. The molecule has 1 aromatic rings. The monoisotopic (exact) mass is 291 g/mol. The quantitative estimate of drug-likeness (QED) is 0.799. The molecule has 21 heavy (non-hydrogen) atoms. The van der Waals surface area contributed by atoms with Gasteiger partial charge in [-0.15, -0.1) is 16.6 Å². The molecule has 0 saturated carbocycles. The first kappa shape index (κ1) is 15.4. The lowest BCUT2D eigenvalue weighted by Crippen LogP contribution is -2.51. The standard InChI is InChI=1S/C14H21N5O2/c1-4-9-21-11-7-6-8-19(10-11)13(20)14(3,5-2)12-15-17-18-16-12/h1,11H,5-10H2,2-3H3,(H,15,16,17,18). The fraction of sp³-hybridized carbons (Fsp3) is 0.714. The van der Waals surface area contributed by atoms with Crippen molar-refractivity contribution in [2.24, 2.45) is 0 Å². The van der Waals surface area contributed by atoms with Crippen molar-refractivity contribution in [1.82, 2.24) is 25.5 Å². The molecule has 114 valence electrons. The van der Waals surface area contributed by atoms with Crippen LogP contribution < -0.4 is 0 Å². The Labute approximate surface area is 124 Å². The molecular formula is C14H21N5O2. The van der Waals surface area contributed by atoms with E-state index in [0.717, 1.165) is 19.4 Å². The van der Waals surface area contributed by atoms with E-state index in [-0.39, 0.29) is 18.6 Å². The molecule has 1 saturated heterocycles. The molecule has 2 unspecified atom stereocenters. The van der Waals surface area contributed by atoms with Gasteiger partial charge >= 0.3 is 0 Å². The molecule has 0 radical (unpaired) electrons. The molecule has 1 amide bonds. The van der Waals surface area contributed by atoms with Crippen molar-refractivity contribution in [1.29, 1.82) is 0 Å². The second kappa shape index (κ2) is 6.68. The molecule has 0 bridgehead atoms. The number of terminal acetylenes is 1. The number of amides is 1. The van der Waals surface area contributed by atoms with E-state index in [1.165, 1.54) is 0 Å². The first-order chi connectivity index (χ1) is 10.1. The maximum absolute atomic E-state index is 12.9. The van der Waals surface area contributed by atoms with Crippen LogP contribution in [-0.4, -0.2) is 57.2 Å². The molecule has 0 spiro atoms. The Kier molecular flexibility index (Phi) is 4.91. The van der Waals surface area contributed by atoms with E-state index in [4.69, 9.17) is 11.2 Å². The molecule has 0 aliphatic carbocycles. The van der Waals surface area contributed by atoms with Gasteiger partial charge in [-0.25, -0.2) is 0 Å². The molecule has 1 N–H and O–H groups in total. The van der Waals surface area contributed by atoms with Crippen LogP contribution in [0.1, 0.15) is 38.9 Å². The minimum Gasteiger partial charge on any atom is -0.364 e. The van der Waals surface area contributed by atoms with Gasteiger partial charge in [-0.2, -0.15) is 5.21 Å². The van der Waals surface area contributed by atoms with Gasteiger partial charge in [0, 0.05) is 13.1 Å². The number of nitrogens with one attached hydrogen (secondary N) is 1. The van der Waals surface area contributed by atoms with Crippen molar-refractivity contribution in [2.75, 3.05) is 19.7 Å². The molecule has 0 aromatic carbocycles. The Morgan fingerprint density at radius 3 is 3.10 bits per heavy atom. The van der Waals surface area contributed by atoms with Gasteiger partial charge in [-0.05, 0) is 26.2 Å². The maximum atomic E-state index is 12.9. The second-order valence-electron chi connectivity index (χ2n) is 5.45. The molecule has 2 atom stereocenters. The van der Waals surface area contributed by atoms with Gasteiger partial charge < -0.3 is 9.64 Å². The number of carbonyl (C=O) groups is 1. The highest BCUT2D eigenvalue weighted by atomic mass is 16.5. The van der Waals surface area contributed by atoms with Gasteiger partial charge in [0.25, 0.3) is 0 Å². The van der Waals surface area contributed by atoms with Crippen molar-refractivity contribution in [2.45, 2.75) is 44.6 Å². The molecule has 1 fully saturated rings. The van der Waals surface area contributed by atoms with E-state index in [1.807, 2.05) is 18.7 Å². The third-order valence-corrected chi connectivity index (χ3v) is 4.09. The normalized spacial score (nSPS) is 21.6. The number of tetrazole rings is 1. The number of hydrogen-bond acceptors (Lipinski definition) is 5. The van der Waals surface area contributed by atoms with Gasteiger partial charge in [0.1, 0.15) is 12.0 Å². The number of ether oxygens (including phenoxy) is 1. The van der Waals surface area contributed by atoms with E-state index < -0.39 is 5.41 Å². The van der Waals surface area contributed by atoms with Crippen LogP contribution in [0.4, 0.5) is 0 Å². The number of piperidine rings is 1. The molecule has 1 aromatic heterocycles. The summed E-state index contributed by atoms with van der Waals surface area (Å²) in [5, 5.41) is 14.0. The Morgan fingerprint density at radius 1 is 1.67 bits per heavy atom.